The third-order valence-corrected chi connectivity index (χ3v) is 1.81. The number of unbranched alkanes of at least 4 members (excludes halogenated alkanes) is 1. The highest BCUT2D eigenvalue weighted by Crippen LogP contribution is 2.20. The summed E-state index contributed by atoms with van der Waals surface area (Å²) in [6, 6.07) is 0. The van der Waals surface area contributed by atoms with Gasteiger partial charge < -0.3 is 9.47 Å². The van der Waals surface area contributed by atoms with Gasteiger partial charge in [-0.15, -0.1) is 6.42 Å². The first-order chi connectivity index (χ1) is 5.33. The van der Waals surface area contributed by atoms with Gasteiger partial charge in [0.05, 0.1) is 13.2 Å². The van der Waals surface area contributed by atoms with E-state index >= 15 is 0 Å². The van der Waals surface area contributed by atoms with E-state index in [1.54, 1.807) is 0 Å². The van der Waals surface area contributed by atoms with Crippen molar-refractivity contribution < 1.29 is 9.47 Å². The van der Waals surface area contributed by atoms with Crippen molar-refractivity contribution >= 4 is 0 Å². The van der Waals surface area contributed by atoms with E-state index in [9.17, 15) is 0 Å². The van der Waals surface area contributed by atoms with E-state index in [0.717, 1.165) is 19.4 Å². The van der Waals surface area contributed by atoms with Crippen LogP contribution in [0.25, 0.3) is 0 Å². The van der Waals surface area contributed by atoms with E-state index in [1.807, 2.05) is 0 Å². The fourth-order valence-corrected chi connectivity index (χ4v) is 0.908. The van der Waals surface area contributed by atoms with Gasteiger partial charge in [-0.25, -0.2) is 0 Å². The zero-order valence-electron chi connectivity index (χ0n) is 6.93. The summed E-state index contributed by atoms with van der Waals surface area (Å²) in [5.74, 6) is 2.63. The van der Waals surface area contributed by atoms with Gasteiger partial charge >= 0.3 is 0 Å². The second-order valence-electron chi connectivity index (χ2n) is 2.83. The first-order valence-electron chi connectivity index (χ1n) is 4.02. The molecule has 0 aromatic carbocycles. The minimum Gasteiger partial charge on any atom is -0.373 e. The molecular weight excluding hydrogens is 140 g/mol. The van der Waals surface area contributed by atoms with E-state index in [1.165, 1.54) is 0 Å². The second-order valence-corrected chi connectivity index (χ2v) is 2.83. The minimum absolute atomic E-state index is 0.380. The van der Waals surface area contributed by atoms with E-state index < -0.39 is 0 Å². The Morgan fingerprint density at radius 1 is 1.64 bits per heavy atom. The van der Waals surface area contributed by atoms with Crippen molar-refractivity contribution in [2.24, 2.45) is 0 Å². The smallest absolute Gasteiger partial charge is 0.174 e. The highest BCUT2D eigenvalue weighted by molar-refractivity contribution is 5.12. The molecule has 1 rings (SSSR count). The van der Waals surface area contributed by atoms with Gasteiger partial charge in [-0.1, -0.05) is 19.3 Å². The van der Waals surface area contributed by atoms with Crippen LogP contribution in [-0.2, 0) is 9.47 Å². The Morgan fingerprint density at radius 2 is 2.36 bits per heavy atom. The van der Waals surface area contributed by atoms with Crippen molar-refractivity contribution in [1.29, 1.82) is 0 Å². The van der Waals surface area contributed by atoms with Crippen molar-refractivity contribution in [3.63, 3.8) is 0 Å². The normalized spacial score (nSPS) is 20.4. The molecule has 0 aromatic rings. The molecule has 0 aromatic heterocycles. The van der Waals surface area contributed by atoms with Gasteiger partial charge in [0.25, 0.3) is 0 Å². The molecule has 1 fully saturated rings. The van der Waals surface area contributed by atoms with Crippen molar-refractivity contribution in [3.05, 3.63) is 0 Å². The molecule has 62 valence electrons. The van der Waals surface area contributed by atoms with Crippen molar-refractivity contribution in [3.8, 4) is 12.3 Å². The van der Waals surface area contributed by atoms with Gasteiger partial charge in [0.1, 0.15) is 0 Å². The lowest BCUT2D eigenvalue weighted by molar-refractivity contribution is -0.175. The molecule has 1 heterocycles. The van der Waals surface area contributed by atoms with Crippen LogP contribution in [0.2, 0.25) is 0 Å². The van der Waals surface area contributed by atoms with Crippen LogP contribution >= 0.6 is 0 Å². The lowest BCUT2D eigenvalue weighted by Gasteiger charge is -2.36. The van der Waals surface area contributed by atoms with E-state index in [4.69, 9.17) is 15.9 Å². The van der Waals surface area contributed by atoms with Crippen molar-refractivity contribution in [2.45, 2.75) is 25.4 Å². The van der Waals surface area contributed by atoms with Crippen LogP contribution in [0.15, 0.2) is 0 Å². The molecule has 0 spiro atoms. The molecule has 0 N–H and O–H groups in total. The van der Waals surface area contributed by atoms with E-state index in [-0.39, 0.29) is 5.60 Å². The summed E-state index contributed by atoms with van der Waals surface area (Å²) in [4.78, 5) is 0. The molecule has 0 aliphatic carbocycles. The molecule has 2 nitrogen and oxygen atoms in total. The Balaban J connectivity index is 2.18. The third-order valence-electron chi connectivity index (χ3n) is 1.81. The summed E-state index contributed by atoms with van der Waals surface area (Å²) in [6.07, 6.45) is 7.51. The summed E-state index contributed by atoms with van der Waals surface area (Å²) >= 11 is 0. The molecule has 2 heteroatoms. The minimum atomic E-state index is -0.380. The first-order valence-corrected chi connectivity index (χ1v) is 4.02. The molecule has 1 aliphatic heterocycles. The number of hydrogen-bond donors (Lipinski definition) is 0. The number of rotatable bonds is 4. The molecule has 0 amide bonds. The molecule has 11 heavy (non-hydrogen) atoms. The average Bonchev–Trinajstić information content (AvgIpc) is 1.95. The first kappa shape index (κ1) is 8.58. The SMILES string of the molecule is C#CC1(OCCCC)COC1. The summed E-state index contributed by atoms with van der Waals surface area (Å²) in [5.41, 5.74) is -0.380. The maximum atomic E-state index is 5.49. The molecule has 0 radical (unpaired) electrons. The summed E-state index contributed by atoms with van der Waals surface area (Å²) in [6.45, 7) is 4.01. The van der Waals surface area contributed by atoms with Gasteiger partial charge in [0, 0.05) is 6.61 Å². The standard InChI is InChI=1S/C9H14O2/c1-3-5-6-11-9(4-2)7-10-8-9/h2H,3,5-8H2,1H3. The largest absolute Gasteiger partial charge is 0.373 e. The lowest BCUT2D eigenvalue weighted by atomic mass is 10.0. The molecule has 0 atom stereocenters. The summed E-state index contributed by atoms with van der Waals surface area (Å²) < 4.78 is 10.5. The van der Waals surface area contributed by atoms with Crippen LogP contribution in [-0.4, -0.2) is 25.4 Å². The van der Waals surface area contributed by atoms with Crippen molar-refractivity contribution in [1.82, 2.24) is 0 Å². The topological polar surface area (TPSA) is 18.5 Å². The van der Waals surface area contributed by atoms with Gasteiger partial charge in [-0.2, -0.15) is 0 Å². The average molecular weight is 154 g/mol. The van der Waals surface area contributed by atoms with Crippen LogP contribution in [0.1, 0.15) is 19.8 Å². The van der Waals surface area contributed by atoms with Crippen LogP contribution in [0.3, 0.4) is 0 Å². The lowest BCUT2D eigenvalue weighted by Crippen LogP contribution is -2.50. The van der Waals surface area contributed by atoms with Gasteiger partial charge in [-0.05, 0) is 6.42 Å². The fraction of sp³-hybridized carbons (Fsp3) is 0.778. The monoisotopic (exact) mass is 154 g/mol. The predicted octanol–water partition coefficient (Wildman–Crippen LogP) is 1.21. The second kappa shape index (κ2) is 3.75. The zero-order chi connectivity index (χ0) is 8.16. The van der Waals surface area contributed by atoms with Crippen LogP contribution in [0.5, 0.6) is 0 Å². The Bertz CT molecular complexity index is 153. The van der Waals surface area contributed by atoms with E-state index in [2.05, 4.69) is 12.8 Å². The molecule has 0 unspecified atom stereocenters. The van der Waals surface area contributed by atoms with Gasteiger partial charge in [0.15, 0.2) is 5.60 Å². The number of terminal acetylenes is 1. The van der Waals surface area contributed by atoms with Crippen LogP contribution < -0.4 is 0 Å². The van der Waals surface area contributed by atoms with Crippen molar-refractivity contribution in [2.75, 3.05) is 19.8 Å². The fourth-order valence-electron chi connectivity index (χ4n) is 0.908. The third kappa shape index (κ3) is 1.95. The predicted molar refractivity (Wildman–Crippen MR) is 43.2 cm³/mol. The highest BCUT2D eigenvalue weighted by atomic mass is 16.6. The Labute approximate surface area is 67.9 Å². The van der Waals surface area contributed by atoms with Gasteiger partial charge in [-0.3, -0.25) is 0 Å². The van der Waals surface area contributed by atoms with Crippen LogP contribution in [0, 0.1) is 12.3 Å². The maximum Gasteiger partial charge on any atom is 0.174 e. The molecule has 0 bridgehead atoms. The molecule has 1 saturated heterocycles. The summed E-state index contributed by atoms with van der Waals surface area (Å²) in [7, 11) is 0. The highest BCUT2D eigenvalue weighted by Gasteiger charge is 2.37. The molecule has 0 saturated carbocycles. The molecule has 1 aliphatic rings. The zero-order valence-corrected chi connectivity index (χ0v) is 6.93. The number of hydrogen-bond acceptors (Lipinski definition) is 2. The Kier molecular flexibility index (Phi) is 2.92. The quantitative estimate of drug-likeness (QED) is 0.447. The molecular formula is C9H14O2. The Hall–Kier alpha value is -0.520. The number of ether oxygens (including phenoxy) is 2. The van der Waals surface area contributed by atoms with Gasteiger partial charge in [0.2, 0.25) is 0 Å². The van der Waals surface area contributed by atoms with E-state index in [0.29, 0.717) is 13.2 Å². The maximum absolute atomic E-state index is 5.49. The summed E-state index contributed by atoms with van der Waals surface area (Å²) in [5, 5.41) is 0. The van der Waals surface area contributed by atoms with Crippen LogP contribution in [0.4, 0.5) is 0 Å². The Morgan fingerprint density at radius 3 is 2.73 bits per heavy atom.